The van der Waals surface area contributed by atoms with Crippen molar-refractivity contribution >= 4 is 40.3 Å². The Labute approximate surface area is 184 Å². The number of imidazole rings is 1. The molecule has 0 saturated carbocycles. The lowest BCUT2D eigenvalue weighted by atomic mass is 10.2. The first-order valence-electron chi connectivity index (χ1n) is 10.2. The van der Waals surface area contributed by atoms with Crippen LogP contribution in [0.5, 0.6) is 0 Å². The maximum absolute atomic E-state index is 12.4. The van der Waals surface area contributed by atoms with Gasteiger partial charge in [0.15, 0.2) is 5.17 Å². The van der Waals surface area contributed by atoms with Crippen LogP contribution in [0.4, 0.5) is 5.69 Å². The molecule has 31 heavy (non-hydrogen) atoms. The molecule has 1 saturated heterocycles. The Morgan fingerprint density at radius 1 is 1.23 bits per heavy atom. The van der Waals surface area contributed by atoms with Crippen molar-refractivity contribution in [2.24, 2.45) is 4.99 Å². The first-order chi connectivity index (χ1) is 15.0. The monoisotopic (exact) mass is 440 g/mol. The van der Waals surface area contributed by atoms with Crippen LogP contribution in [-0.4, -0.2) is 56.1 Å². The molecule has 2 aliphatic heterocycles. The quantitative estimate of drug-likeness (QED) is 0.633. The number of hydrogen-bond donors (Lipinski definition) is 3. The van der Waals surface area contributed by atoms with Gasteiger partial charge in [-0.2, -0.15) is 4.99 Å². The van der Waals surface area contributed by atoms with Crippen molar-refractivity contribution in [1.82, 2.24) is 20.2 Å². The van der Waals surface area contributed by atoms with Crippen molar-refractivity contribution < 1.29 is 14.4 Å². The van der Waals surface area contributed by atoms with E-state index < -0.39 is 5.25 Å². The molecule has 2 aromatic rings. The third kappa shape index (κ3) is 5.13. The number of aromatic amines is 1. The fourth-order valence-electron chi connectivity index (χ4n) is 3.47. The Hall–Kier alpha value is -3.14. The van der Waals surface area contributed by atoms with Gasteiger partial charge in [-0.1, -0.05) is 11.8 Å². The van der Waals surface area contributed by atoms with Gasteiger partial charge >= 0.3 is 0 Å². The molecule has 2 aliphatic rings. The Morgan fingerprint density at radius 3 is 2.65 bits per heavy atom. The molecule has 0 spiro atoms. The molecule has 3 heterocycles. The third-order valence-corrected chi connectivity index (χ3v) is 6.47. The molecule has 10 heteroatoms. The summed E-state index contributed by atoms with van der Waals surface area (Å²) in [6.45, 7) is 4.06. The molecule has 1 aromatic carbocycles. The lowest BCUT2D eigenvalue weighted by Crippen LogP contribution is -2.25. The van der Waals surface area contributed by atoms with Crippen molar-refractivity contribution in [3.8, 4) is 0 Å². The average molecular weight is 441 g/mol. The van der Waals surface area contributed by atoms with Crippen molar-refractivity contribution in [2.45, 2.75) is 38.0 Å². The zero-order valence-electron chi connectivity index (χ0n) is 17.2. The Morgan fingerprint density at radius 2 is 1.97 bits per heavy atom. The van der Waals surface area contributed by atoms with Gasteiger partial charge in [0.05, 0.1) is 18.6 Å². The lowest BCUT2D eigenvalue weighted by Gasteiger charge is -2.16. The summed E-state index contributed by atoms with van der Waals surface area (Å²) in [5.41, 5.74) is 2.75. The number of carbonyl (C=O) groups excluding carboxylic acids is 3. The maximum atomic E-state index is 12.4. The Bertz CT molecular complexity index is 1010. The molecule has 1 fully saturated rings. The van der Waals surface area contributed by atoms with E-state index in [2.05, 4.69) is 30.5 Å². The van der Waals surface area contributed by atoms with Crippen LogP contribution in [-0.2, 0) is 16.1 Å². The molecule has 1 atom stereocenters. The second kappa shape index (κ2) is 9.34. The molecule has 3 N–H and O–H groups in total. The molecule has 3 amide bonds. The molecule has 4 rings (SSSR count). The normalized spacial score (nSPS) is 18.2. The number of likely N-dealkylation sites (tertiary alicyclic amines) is 1. The summed E-state index contributed by atoms with van der Waals surface area (Å²) in [5, 5.41) is 5.86. The van der Waals surface area contributed by atoms with Crippen molar-refractivity contribution in [1.29, 1.82) is 0 Å². The number of anilines is 1. The molecule has 0 aliphatic carbocycles. The molecular weight excluding hydrogens is 416 g/mol. The average Bonchev–Trinajstić information content (AvgIpc) is 3.49. The van der Waals surface area contributed by atoms with Crippen LogP contribution in [0, 0.1) is 6.92 Å². The number of aliphatic imine (C=N–C) groups is 1. The molecule has 0 radical (unpaired) electrons. The van der Waals surface area contributed by atoms with Crippen molar-refractivity contribution in [3.05, 3.63) is 47.5 Å². The smallest absolute Gasteiger partial charge is 0.262 e. The first kappa shape index (κ1) is 21.1. The summed E-state index contributed by atoms with van der Waals surface area (Å²) in [5.74, 6) is -0.726. The summed E-state index contributed by atoms with van der Waals surface area (Å²) in [6.07, 6.45) is 3.87. The number of nitrogens with zero attached hydrogens (tertiary/aromatic N) is 3. The minimum absolute atomic E-state index is 0.0651. The number of amidine groups is 1. The molecule has 9 nitrogen and oxygen atoms in total. The molecule has 162 valence electrons. The highest BCUT2D eigenvalue weighted by Crippen LogP contribution is 2.29. The van der Waals surface area contributed by atoms with E-state index in [0.717, 1.165) is 42.5 Å². The summed E-state index contributed by atoms with van der Waals surface area (Å²) in [4.78, 5) is 50.2. The van der Waals surface area contributed by atoms with Crippen LogP contribution >= 0.6 is 11.8 Å². The highest BCUT2D eigenvalue weighted by atomic mass is 32.2. The van der Waals surface area contributed by atoms with E-state index in [-0.39, 0.29) is 24.1 Å². The van der Waals surface area contributed by atoms with Crippen LogP contribution in [0.15, 0.2) is 35.6 Å². The predicted octanol–water partition coefficient (Wildman–Crippen LogP) is 2.07. The number of amides is 3. The van der Waals surface area contributed by atoms with Crippen LogP contribution < -0.4 is 10.6 Å². The van der Waals surface area contributed by atoms with Gasteiger partial charge in [-0.25, -0.2) is 4.98 Å². The van der Waals surface area contributed by atoms with Crippen LogP contribution in [0.2, 0.25) is 0 Å². The summed E-state index contributed by atoms with van der Waals surface area (Å²) in [7, 11) is 0. The maximum Gasteiger partial charge on any atom is 0.262 e. The van der Waals surface area contributed by atoms with Gasteiger partial charge in [-0.15, -0.1) is 0 Å². The van der Waals surface area contributed by atoms with Crippen molar-refractivity contribution in [3.63, 3.8) is 0 Å². The topological polar surface area (TPSA) is 120 Å². The fourth-order valence-corrected chi connectivity index (χ4v) is 4.59. The Balaban J connectivity index is 1.26. The zero-order chi connectivity index (χ0) is 21.8. The molecule has 1 aromatic heterocycles. The largest absolute Gasteiger partial charge is 0.351 e. The van der Waals surface area contributed by atoms with E-state index in [4.69, 9.17) is 0 Å². The first-order valence-corrected chi connectivity index (χ1v) is 11.1. The Kier molecular flexibility index (Phi) is 6.36. The van der Waals surface area contributed by atoms with Gasteiger partial charge in [0.2, 0.25) is 5.91 Å². The number of carbonyl (C=O) groups is 3. The number of thioether (sulfide) groups is 1. The summed E-state index contributed by atoms with van der Waals surface area (Å²) in [6, 6.07) is 6.63. The lowest BCUT2D eigenvalue weighted by molar-refractivity contribution is -0.121. The van der Waals surface area contributed by atoms with Gasteiger partial charge < -0.3 is 20.5 Å². The van der Waals surface area contributed by atoms with E-state index in [0.29, 0.717) is 17.8 Å². The van der Waals surface area contributed by atoms with Gasteiger partial charge in [0.25, 0.3) is 11.8 Å². The van der Waals surface area contributed by atoms with Gasteiger partial charge in [-0.3, -0.25) is 14.4 Å². The van der Waals surface area contributed by atoms with E-state index in [9.17, 15) is 14.4 Å². The van der Waals surface area contributed by atoms with E-state index in [1.54, 1.807) is 30.6 Å². The predicted molar refractivity (Wildman–Crippen MR) is 119 cm³/mol. The van der Waals surface area contributed by atoms with Crippen LogP contribution in [0.1, 0.15) is 41.0 Å². The van der Waals surface area contributed by atoms with Gasteiger partial charge in [-0.05, 0) is 44.0 Å². The van der Waals surface area contributed by atoms with Gasteiger partial charge in [0, 0.05) is 36.5 Å². The summed E-state index contributed by atoms with van der Waals surface area (Å²) < 4.78 is 0. The SMILES string of the molecule is Cc1[nH]cnc1CNC(=O)c1ccc(NC(=O)CC2SC(N3CCCC3)=NC2=O)cc1. The molecule has 0 bridgehead atoms. The van der Waals surface area contributed by atoms with E-state index in [1.807, 2.05) is 6.92 Å². The van der Waals surface area contributed by atoms with E-state index >= 15 is 0 Å². The minimum atomic E-state index is -0.480. The number of hydrogen-bond acceptors (Lipinski definition) is 6. The zero-order valence-corrected chi connectivity index (χ0v) is 18.0. The van der Waals surface area contributed by atoms with Crippen LogP contribution in [0.25, 0.3) is 0 Å². The standard InChI is InChI=1S/C21H24N6O3S/c1-13-16(24-12-23-13)11-22-19(29)14-4-6-15(7-5-14)25-18(28)10-17-20(30)26-21(31-17)27-8-2-3-9-27/h4-7,12,17H,2-3,8-11H2,1H3,(H,22,29)(H,23,24)(H,25,28). The highest BCUT2D eigenvalue weighted by Gasteiger charge is 2.33. The molecular formula is C21H24N6O3S. The van der Waals surface area contributed by atoms with Crippen molar-refractivity contribution in [2.75, 3.05) is 18.4 Å². The highest BCUT2D eigenvalue weighted by molar-refractivity contribution is 8.15. The minimum Gasteiger partial charge on any atom is -0.351 e. The number of benzene rings is 1. The third-order valence-electron chi connectivity index (χ3n) is 5.26. The number of aromatic nitrogens is 2. The number of H-pyrrole nitrogens is 1. The second-order valence-corrected chi connectivity index (χ2v) is 8.69. The molecule has 1 unspecified atom stereocenters. The number of nitrogens with one attached hydrogen (secondary N) is 3. The van der Waals surface area contributed by atoms with E-state index in [1.165, 1.54) is 11.8 Å². The van der Waals surface area contributed by atoms with Crippen LogP contribution in [0.3, 0.4) is 0 Å². The number of aryl methyl sites for hydroxylation is 1. The summed E-state index contributed by atoms with van der Waals surface area (Å²) >= 11 is 1.37. The van der Waals surface area contributed by atoms with Gasteiger partial charge in [0.1, 0.15) is 5.25 Å². The fraction of sp³-hybridized carbons (Fsp3) is 0.381. The second-order valence-electron chi connectivity index (χ2n) is 7.52. The number of rotatable bonds is 6.